The molecule has 0 spiro atoms. The molecule has 2 aromatic rings. The van der Waals surface area contributed by atoms with Gasteiger partial charge in [0.1, 0.15) is 11.4 Å². The Morgan fingerprint density at radius 1 is 1.24 bits per heavy atom. The van der Waals surface area contributed by atoms with Crippen LogP contribution in [-0.4, -0.2) is 83.1 Å². The van der Waals surface area contributed by atoms with Crippen molar-refractivity contribution >= 4 is 6.09 Å². The monoisotopic (exact) mass is 523 g/mol. The maximum absolute atomic E-state index is 12.8. The van der Waals surface area contributed by atoms with Crippen molar-refractivity contribution in [1.29, 1.82) is 0 Å². The third-order valence-electron chi connectivity index (χ3n) is 9.34. The lowest BCUT2D eigenvalue weighted by atomic mass is 9.49. The Hall–Kier alpha value is -2.52. The number of carbonyl (C=O) groups excluding carboxylic acids is 1. The number of nitrogens with zero attached hydrogens (tertiary/aromatic N) is 3. The average Bonchev–Trinajstić information content (AvgIpc) is 2.93. The molecular formula is C30H41N3O5. The highest BCUT2D eigenvalue weighted by Gasteiger charge is 2.61. The predicted octanol–water partition coefficient (Wildman–Crippen LogP) is 3.49. The van der Waals surface area contributed by atoms with E-state index < -0.39 is 11.2 Å². The molecule has 2 N–H and O–H groups in total. The summed E-state index contributed by atoms with van der Waals surface area (Å²) in [6.45, 7) is 8.55. The van der Waals surface area contributed by atoms with Crippen LogP contribution < -0.4 is 4.74 Å². The molecule has 206 valence electrons. The fourth-order valence-electron chi connectivity index (χ4n) is 7.00. The molecule has 1 aromatic heterocycles. The fourth-order valence-corrected chi connectivity index (χ4v) is 7.00. The van der Waals surface area contributed by atoms with Gasteiger partial charge in [-0.2, -0.15) is 0 Å². The third kappa shape index (κ3) is 4.83. The molecule has 0 radical (unpaired) electrons. The molecule has 0 unspecified atom stereocenters. The van der Waals surface area contributed by atoms with Gasteiger partial charge in [-0.05, 0) is 80.3 Å². The Kier molecular flexibility index (Phi) is 7.52. The number of amides is 1. The molecule has 8 nitrogen and oxygen atoms in total. The fraction of sp³-hybridized carbons (Fsp3) is 0.600. The standard InChI is InChI=1S/C30H41N3O5/c1-4-29-21-28(2,35)30(36,26-7-5-6-12-31-26)20-23(29)9-8-22-19-24(10-11-25(22)29)38-27(34)32(3)13-14-33-15-17-37-18-16-33/h5-7,10-12,19,23,35-36H,4,8-9,13-18,20-21H2,1-3H3/t23-,28-,29-,30-/m1/s1. The highest BCUT2D eigenvalue weighted by atomic mass is 16.6. The number of fused-ring (bicyclic) bond motifs is 3. The predicted molar refractivity (Wildman–Crippen MR) is 144 cm³/mol. The Morgan fingerprint density at radius 3 is 2.74 bits per heavy atom. The molecule has 1 saturated heterocycles. The number of ether oxygens (including phenoxy) is 2. The topological polar surface area (TPSA) is 95.4 Å². The summed E-state index contributed by atoms with van der Waals surface area (Å²) in [4.78, 5) is 21.1. The van der Waals surface area contributed by atoms with Crippen LogP contribution in [0.5, 0.6) is 5.75 Å². The van der Waals surface area contributed by atoms with Crippen molar-refractivity contribution in [2.45, 2.75) is 62.6 Å². The van der Waals surface area contributed by atoms with Crippen LogP contribution in [0.25, 0.3) is 0 Å². The molecule has 1 aromatic carbocycles. The van der Waals surface area contributed by atoms with Crippen molar-refractivity contribution in [3.63, 3.8) is 0 Å². The third-order valence-corrected chi connectivity index (χ3v) is 9.34. The van der Waals surface area contributed by atoms with Crippen molar-refractivity contribution < 1.29 is 24.5 Å². The second kappa shape index (κ2) is 10.6. The van der Waals surface area contributed by atoms with Crippen molar-refractivity contribution in [1.82, 2.24) is 14.8 Å². The average molecular weight is 524 g/mol. The van der Waals surface area contributed by atoms with E-state index in [-0.39, 0.29) is 17.4 Å². The zero-order valence-electron chi connectivity index (χ0n) is 22.9. The van der Waals surface area contributed by atoms with Crippen molar-refractivity contribution in [2.24, 2.45) is 5.92 Å². The zero-order chi connectivity index (χ0) is 27.0. The van der Waals surface area contributed by atoms with Gasteiger partial charge in [0.2, 0.25) is 0 Å². The maximum atomic E-state index is 12.8. The second-order valence-corrected chi connectivity index (χ2v) is 11.5. The molecule has 1 aliphatic heterocycles. The summed E-state index contributed by atoms with van der Waals surface area (Å²) in [6.07, 6.45) is 4.77. The first-order valence-corrected chi connectivity index (χ1v) is 13.9. The van der Waals surface area contributed by atoms with E-state index in [1.54, 1.807) is 25.1 Å². The molecule has 2 heterocycles. The lowest BCUT2D eigenvalue weighted by molar-refractivity contribution is -0.207. The first-order chi connectivity index (χ1) is 18.2. The molecule has 38 heavy (non-hydrogen) atoms. The van der Waals surface area contributed by atoms with Crippen LogP contribution in [0, 0.1) is 5.92 Å². The van der Waals surface area contributed by atoms with Gasteiger partial charge in [-0.25, -0.2) is 4.79 Å². The second-order valence-electron chi connectivity index (χ2n) is 11.5. The van der Waals surface area contributed by atoms with E-state index in [1.165, 1.54) is 5.56 Å². The molecule has 0 bridgehead atoms. The number of aliphatic hydroxyl groups is 2. The van der Waals surface area contributed by atoms with Crippen molar-refractivity contribution in [2.75, 3.05) is 46.4 Å². The number of morpholine rings is 1. The number of pyridine rings is 1. The van der Waals surface area contributed by atoms with Gasteiger partial charge in [-0.3, -0.25) is 9.88 Å². The summed E-state index contributed by atoms with van der Waals surface area (Å²) < 4.78 is 11.2. The number of likely N-dealkylation sites (N-methyl/N-ethyl adjacent to an activating group) is 1. The van der Waals surface area contributed by atoms with Gasteiger partial charge in [0.05, 0.1) is 24.5 Å². The summed E-state index contributed by atoms with van der Waals surface area (Å²) in [6, 6.07) is 11.4. The normalized spacial score (nSPS) is 31.2. The Labute approximate surface area is 225 Å². The quantitative estimate of drug-likeness (QED) is 0.599. The maximum Gasteiger partial charge on any atom is 0.415 e. The number of hydrogen-bond donors (Lipinski definition) is 2. The Bertz CT molecular complexity index is 1140. The van der Waals surface area contributed by atoms with Crippen LogP contribution in [0.1, 0.15) is 56.4 Å². The van der Waals surface area contributed by atoms with Gasteiger partial charge in [-0.1, -0.05) is 19.1 Å². The number of carbonyl (C=O) groups is 1. The van der Waals surface area contributed by atoms with E-state index in [1.807, 2.05) is 30.3 Å². The SMILES string of the molecule is CC[C@@]12C[C@@](C)(O)[C@](O)(c3ccccn3)C[C@H]1CCc1cc(OC(=O)N(C)CCN3CCOCC3)ccc12. The van der Waals surface area contributed by atoms with Crippen LogP contribution in [0.3, 0.4) is 0 Å². The molecule has 8 heteroatoms. The molecular weight excluding hydrogens is 482 g/mol. The molecule has 5 rings (SSSR count). The first-order valence-electron chi connectivity index (χ1n) is 13.9. The van der Waals surface area contributed by atoms with E-state index in [0.717, 1.165) is 57.7 Å². The molecule has 1 saturated carbocycles. The summed E-state index contributed by atoms with van der Waals surface area (Å²) in [7, 11) is 1.77. The number of benzene rings is 1. The molecule has 2 fully saturated rings. The van der Waals surface area contributed by atoms with E-state index in [2.05, 4.69) is 22.9 Å². The minimum atomic E-state index is -1.41. The number of rotatable bonds is 6. The highest BCUT2D eigenvalue weighted by molar-refractivity contribution is 5.70. The van der Waals surface area contributed by atoms with Gasteiger partial charge in [-0.15, -0.1) is 0 Å². The number of hydrogen-bond acceptors (Lipinski definition) is 7. The van der Waals surface area contributed by atoms with Gasteiger partial charge >= 0.3 is 6.09 Å². The summed E-state index contributed by atoms with van der Waals surface area (Å²) >= 11 is 0. The smallest absolute Gasteiger partial charge is 0.410 e. The minimum Gasteiger partial charge on any atom is -0.410 e. The lowest BCUT2D eigenvalue weighted by Gasteiger charge is -2.58. The van der Waals surface area contributed by atoms with Crippen molar-refractivity contribution in [3.05, 3.63) is 59.4 Å². The van der Waals surface area contributed by atoms with E-state index in [0.29, 0.717) is 30.8 Å². The van der Waals surface area contributed by atoms with Crippen molar-refractivity contribution in [3.8, 4) is 5.75 Å². The minimum absolute atomic E-state index is 0.201. The Balaban J connectivity index is 1.32. The van der Waals surface area contributed by atoms with Gasteiger partial charge in [0.15, 0.2) is 0 Å². The van der Waals surface area contributed by atoms with Crippen LogP contribution in [0.2, 0.25) is 0 Å². The summed E-state index contributed by atoms with van der Waals surface area (Å²) in [5, 5.41) is 23.5. The summed E-state index contributed by atoms with van der Waals surface area (Å²) in [5.41, 5.74) is -0.146. The first kappa shape index (κ1) is 27.1. The number of aryl methyl sites for hydroxylation is 1. The summed E-state index contributed by atoms with van der Waals surface area (Å²) in [5.74, 6) is 0.746. The molecule has 1 amide bonds. The van der Waals surface area contributed by atoms with E-state index in [9.17, 15) is 15.0 Å². The zero-order valence-corrected chi connectivity index (χ0v) is 22.9. The van der Waals surface area contributed by atoms with E-state index >= 15 is 0 Å². The van der Waals surface area contributed by atoms with Crippen LogP contribution in [0.4, 0.5) is 4.79 Å². The van der Waals surface area contributed by atoms with Gasteiger partial charge < -0.3 is 24.6 Å². The Morgan fingerprint density at radius 2 is 2.03 bits per heavy atom. The lowest BCUT2D eigenvalue weighted by Crippen LogP contribution is -2.62. The molecule has 2 aliphatic carbocycles. The van der Waals surface area contributed by atoms with Crippen LogP contribution in [-0.2, 0) is 22.2 Å². The van der Waals surface area contributed by atoms with E-state index in [4.69, 9.17) is 9.47 Å². The molecule has 3 aliphatic rings. The largest absolute Gasteiger partial charge is 0.415 e. The van der Waals surface area contributed by atoms with Crippen LogP contribution in [0.15, 0.2) is 42.6 Å². The molecule has 4 atom stereocenters. The van der Waals surface area contributed by atoms with Crippen LogP contribution >= 0.6 is 0 Å². The van der Waals surface area contributed by atoms with Gasteiger partial charge in [0, 0.05) is 44.8 Å². The highest BCUT2D eigenvalue weighted by Crippen LogP contribution is 2.59. The number of aromatic nitrogens is 1. The van der Waals surface area contributed by atoms with Gasteiger partial charge in [0.25, 0.3) is 0 Å².